The molecule has 0 aromatic rings. The first-order chi connectivity index (χ1) is 8.19. The van der Waals surface area contributed by atoms with Gasteiger partial charge in [-0.25, -0.2) is 0 Å². The summed E-state index contributed by atoms with van der Waals surface area (Å²) in [7, 11) is -1.70. The fraction of sp³-hybridized carbons (Fsp3) is 0.917. The third-order valence-electron chi connectivity index (χ3n) is 4.11. The molecule has 0 amide bonds. The number of ether oxygens (including phenoxy) is 2. The number of amidine groups is 1. The van der Waals surface area contributed by atoms with Gasteiger partial charge in [-0.15, -0.1) is 0 Å². The van der Waals surface area contributed by atoms with Crippen LogP contribution in [-0.2, 0) is 13.9 Å². The lowest BCUT2D eigenvalue weighted by molar-refractivity contribution is 0.0111. The molecule has 6 heteroatoms. The Balaban J connectivity index is 1.83. The van der Waals surface area contributed by atoms with Crippen molar-refractivity contribution in [2.45, 2.75) is 63.8 Å². The van der Waals surface area contributed by atoms with Crippen molar-refractivity contribution in [1.29, 1.82) is 0 Å². The van der Waals surface area contributed by atoms with Gasteiger partial charge in [-0.1, -0.05) is 20.8 Å². The minimum Gasteiger partial charge on any atom is -0.457 e. The van der Waals surface area contributed by atoms with Crippen molar-refractivity contribution in [1.82, 2.24) is 0 Å². The number of fused-ring (bicyclic) bond motifs is 1. The molecule has 0 radical (unpaired) electrons. The number of rotatable bonds is 3. The van der Waals surface area contributed by atoms with E-state index in [0.717, 1.165) is 6.42 Å². The van der Waals surface area contributed by atoms with Gasteiger partial charge in [-0.3, -0.25) is 0 Å². The minimum atomic E-state index is -1.70. The molecule has 5 nitrogen and oxygen atoms in total. The molecule has 0 spiro atoms. The van der Waals surface area contributed by atoms with Crippen molar-refractivity contribution < 1.29 is 13.9 Å². The van der Waals surface area contributed by atoms with E-state index in [0.29, 0.717) is 6.61 Å². The molecular weight excluding hydrogens is 248 g/mol. The molecule has 2 aliphatic rings. The maximum absolute atomic E-state index is 6.15. The van der Waals surface area contributed by atoms with Crippen LogP contribution < -0.4 is 5.73 Å². The van der Waals surface area contributed by atoms with E-state index in [1.807, 2.05) is 0 Å². The smallest absolute Gasteiger partial charge is 0.285 e. The second kappa shape index (κ2) is 4.50. The molecule has 3 atom stereocenters. The third kappa shape index (κ3) is 2.70. The van der Waals surface area contributed by atoms with Gasteiger partial charge in [0, 0.05) is 6.42 Å². The Kier molecular flexibility index (Phi) is 3.46. The highest BCUT2D eigenvalue weighted by molar-refractivity contribution is 6.74. The van der Waals surface area contributed by atoms with Crippen LogP contribution in [0.15, 0.2) is 4.99 Å². The van der Waals surface area contributed by atoms with Gasteiger partial charge in [0.15, 0.2) is 20.6 Å². The summed E-state index contributed by atoms with van der Waals surface area (Å²) in [6, 6.07) is 0.244. The molecule has 0 bridgehead atoms. The Hall–Kier alpha value is -0.593. The predicted octanol–water partition coefficient (Wildman–Crippen LogP) is 1.84. The maximum atomic E-state index is 6.15. The SMILES string of the molecule is CC(C)(C)[Si](C)(C)OC[C@@H]1C[C@@H]2OC(N)=N[C@@H]2O1. The van der Waals surface area contributed by atoms with Gasteiger partial charge in [0.05, 0.1) is 12.7 Å². The van der Waals surface area contributed by atoms with E-state index in [1.54, 1.807) is 0 Å². The van der Waals surface area contributed by atoms with Crippen LogP contribution in [0, 0.1) is 0 Å². The summed E-state index contributed by atoms with van der Waals surface area (Å²) in [5, 5.41) is 0.223. The Morgan fingerprint density at radius 3 is 2.67 bits per heavy atom. The first-order valence-corrected chi connectivity index (χ1v) is 9.39. The average Bonchev–Trinajstić information content (AvgIpc) is 2.69. The van der Waals surface area contributed by atoms with Gasteiger partial charge < -0.3 is 19.6 Å². The van der Waals surface area contributed by atoms with Gasteiger partial charge in [-0.2, -0.15) is 4.99 Å². The Morgan fingerprint density at radius 2 is 2.11 bits per heavy atom. The van der Waals surface area contributed by atoms with Crippen molar-refractivity contribution in [2.24, 2.45) is 10.7 Å². The third-order valence-corrected chi connectivity index (χ3v) is 8.61. The molecule has 1 saturated heterocycles. The first-order valence-electron chi connectivity index (χ1n) is 6.48. The van der Waals surface area contributed by atoms with E-state index in [-0.39, 0.29) is 29.5 Å². The van der Waals surface area contributed by atoms with Crippen LogP contribution in [0.5, 0.6) is 0 Å². The summed E-state index contributed by atoms with van der Waals surface area (Å²) in [6.07, 6.45) is 0.644. The number of hydrogen-bond donors (Lipinski definition) is 1. The second-order valence-electron chi connectivity index (χ2n) is 6.58. The number of nitrogens with two attached hydrogens (primary N) is 1. The minimum absolute atomic E-state index is 0.0157. The molecule has 18 heavy (non-hydrogen) atoms. The van der Waals surface area contributed by atoms with Crippen LogP contribution in [0.3, 0.4) is 0 Å². The quantitative estimate of drug-likeness (QED) is 0.796. The highest BCUT2D eigenvalue weighted by Gasteiger charge is 2.43. The average molecular weight is 272 g/mol. The molecule has 0 aromatic carbocycles. The molecular formula is C12H24N2O3Si. The highest BCUT2D eigenvalue weighted by Crippen LogP contribution is 2.37. The number of nitrogens with zero attached hydrogens (tertiary/aromatic N) is 1. The fourth-order valence-corrected chi connectivity index (χ4v) is 2.91. The number of hydrogen-bond acceptors (Lipinski definition) is 5. The molecule has 0 saturated carbocycles. The van der Waals surface area contributed by atoms with Gasteiger partial charge in [0.1, 0.15) is 0 Å². The summed E-state index contributed by atoms with van der Waals surface area (Å²) in [5.74, 6) is 0. The zero-order valence-electron chi connectivity index (χ0n) is 11.9. The topological polar surface area (TPSA) is 66.1 Å². The van der Waals surface area contributed by atoms with Crippen LogP contribution >= 0.6 is 0 Å². The Morgan fingerprint density at radius 1 is 1.44 bits per heavy atom. The van der Waals surface area contributed by atoms with Crippen molar-refractivity contribution in [3.05, 3.63) is 0 Å². The van der Waals surface area contributed by atoms with E-state index in [1.165, 1.54) is 0 Å². The van der Waals surface area contributed by atoms with E-state index in [2.05, 4.69) is 38.9 Å². The Labute approximate surface area is 110 Å². The molecule has 0 aromatic heterocycles. The van der Waals surface area contributed by atoms with E-state index in [4.69, 9.17) is 19.6 Å². The monoisotopic (exact) mass is 272 g/mol. The van der Waals surface area contributed by atoms with E-state index >= 15 is 0 Å². The standard InChI is InChI=1S/C12H24N2O3Si/c1-12(2,3)18(4,5)15-7-8-6-9-10(16-8)14-11(13)17-9/h8-10H,6-7H2,1-5H3,(H2,13,14)/t8-,9-,10+/m0/s1. The lowest BCUT2D eigenvalue weighted by Gasteiger charge is -2.36. The largest absolute Gasteiger partial charge is 0.457 e. The van der Waals surface area contributed by atoms with Gasteiger partial charge in [0.2, 0.25) is 0 Å². The molecule has 0 aliphatic carbocycles. The zero-order valence-corrected chi connectivity index (χ0v) is 12.9. The van der Waals surface area contributed by atoms with Gasteiger partial charge >= 0.3 is 0 Å². The van der Waals surface area contributed by atoms with Crippen molar-refractivity contribution in [2.75, 3.05) is 6.61 Å². The molecule has 2 heterocycles. The summed E-state index contributed by atoms with van der Waals surface area (Å²) >= 11 is 0. The summed E-state index contributed by atoms with van der Waals surface area (Å²) in [4.78, 5) is 4.10. The number of aliphatic imine (C=N–C) groups is 1. The lowest BCUT2D eigenvalue weighted by atomic mass is 10.2. The van der Waals surface area contributed by atoms with Crippen LogP contribution in [0.25, 0.3) is 0 Å². The van der Waals surface area contributed by atoms with Gasteiger partial charge in [-0.05, 0) is 18.1 Å². The van der Waals surface area contributed by atoms with E-state index < -0.39 is 8.32 Å². The molecule has 104 valence electrons. The second-order valence-corrected chi connectivity index (χ2v) is 11.4. The van der Waals surface area contributed by atoms with E-state index in [9.17, 15) is 0 Å². The van der Waals surface area contributed by atoms with Gasteiger partial charge in [0.25, 0.3) is 6.02 Å². The van der Waals surface area contributed by atoms with Crippen LogP contribution in [0.1, 0.15) is 27.2 Å². The van der Waals surface area contributed by atoms with Crippen LogP contribution in [0.2, 0.25) is 18.1 Å². The predicted molar refractivity (Wildman–Crippen MR) is 72.9 cm³/mol. The summed E-state index contributed by atoms with van der Waals surface area (Å²) < 4.78 is 17.3. The molecule has 1 fully saturated rings. The molecule has 0 unspecified atom stereocenters. The summed E-state index contributed by atoms with van der Waals surface area (Å²) in [6.45, 7) is 11.8. The molecule has 2 aliphatic heterocycles. The highest BCUT2D eigenvalue weighted by atomic mass is 28.4. The van der Waals surface area contributed by atoms with Crippen LogP contribution in [0.4, 0.5) is 0 Å². The maximum Gasteiger partial charge on any atom is 0.285 e. The molecule has 2 N–H and O–H groups in total. The fourth-order valence-electron chi connectivity index (χ4n) is 1.87. The van der Waals surface area contributed by atoms with Crippen molar-refractivity contribution in [3.8, 4) is 0 Å². The van der Waals surface area contributed by atoms with Crippen molar-refractivity contribution in [3.63, 3.8) is 0 Å². The normalized spacial score (nSPS) is 32.1. The Bertz CT molecular complexity index is 352. The summed E-state index contributed by atoms with van der Waals surface area (Å²) in [5.41, 5.74) is 5.49. The zero-order chi connectivity index (χ0) is 13.6. The van der Waals surface area contributed by atoms with Crippen LogP contribution in [-0.4, -0.2) is 39.4 Å². The first kappa shape index (κ1) is 13.8. The molecule has 2 rings (SSSR count). The van der Waals surface area contributed by atoms with Crippen molar-refractivity contribution >= 4 is 14.3 Å². The lowest BCUT2D eigenvalue weighted by Crippen LogP contribution is -2.42.